The van der Waals surface area contributed by atoms with E-state index in [9.17, 15) is 14.4 Å². The SMILES string of the molecule is O=C(C1CCCN(c2cccc3c2C(=O)N(Cc2cccs2)C3=O)C1)N1CCOCC1. The molecule has 1 aromatic carbocycles. The third kappa shape index (κ3) is 3.74. The molecule has 4 heterocycles. The first-order valence-electron chi connectivity index (χ1n) is 10.8. The predicted octanol–water partition coefficient (Wildman–Crippen LogP) is 2.62. The van der Waals surface area contributed by atoms with E-state index in [-0.39, 0.29) is 23.6 Å². The van der Waals surface area contributed by atoms with Crippen LogP contribution in [0.5, 0.6) is 0 Å². The number of carbonyl (C=O) groups excluding carboxylic acids is 3. The largest absolute Gasteiger partial charge is 0.378 e. The summed E-state index contributed by atoms with van der Waals surface area (Å²) in [5, 5.41) is 1.94. The minimum Gasteiger partial charge on any atom is -0.378 e. The Hall–Kier alpha value is -2.71. The molecule has 2 fully saturated rings. The van der Waals surface area contributed by atoms with Crippen LogP contribution in [0.2, 0.25) is 0 Å². The number of benzene rings is 1. The average Bonchev–Trinajstić information content (AvgIpc) is 3.42. The normalized spacial score (nSPS) is 21.5. The van der Waals surface area contributed by atoms with E-state index in [0.29, 0.717) is 50.5 Å². The van der Waals surface area contributed by atoms with Crippen LogP contribution in [-0.2, 0) is 16.1 Å². The summed E-state index contributed by atoms with van der Waals surface area (Å²) in [6, 6.07) is 9.32. The van der Waals surface area contributed by atoms with E-state index in [0.717, 1.165) is 30.0 Å². The number of fused-ring (bicyclic) bond motifs is 1. The molecule has 2 saturated heterocycles. The minimum atomic E-state index is -0.245. The number of anilines is 1. The second kappa shape index (κ2) is 8.43. The number of hydrogen-bond acceptors (Lipinski definition) is 6. The summed E-state index contributed by atoms with van der Waals surface area (Å²) in [5.74, 6) is -0.418. The molecule has 8 heteroatoms. The number of amides is 3. The second-order valence-corrected chi connectivity index (χ2v) is 9.23. The summed E-state index contributed by atoms with van der Waals surface area (Å²) in [6.45, 7) is 4.09. The lowest BCUT2D eigenvalue weighted by Crippen LogP contribution is -2.48. The van der Waals surface area contributed by atoms with Crippen LogP contribution >= 0.6 is 11.3 Å². The van der Waals surface area contributed by atoms with Crippen molar-refractivity contribution in [3.63, 3.8) is 0 Å². The molecule has 1 atom stereocenters. The van der Waals surface area contributed by atoms with Gasteiger partial charge in [0, 0.05) is 31.1 Å². The van der Waals surface area contributed by atoms with Gasteiger partial charge >= 0.3 is 0 Å². The molecule has 0 saturated carbocycles. The number of rotatable bonds is 4. The van der Waals surface area contributed by atoms with Crippen molar-refractivity contribution in [1.82, 2.24) is 9.80 Å². The summed E-state index contributed by atoms with van der Waals surface area (Å²) in [6.07, 6.45) is 1.73. The van der Waals surface area contributed by atoms with E-state index in [1.165, 1.54) is 16.2 Å². The molecule has 3 amide bonds. The van der Waals surface area contributed by atoms with Gasteiger partial charge < -0.3 is 14.5 Å². The third-order valence-corrected chi connectivity index (χ3v) is 7.17. The molecule has 7 nitrogen and oxygen atoms in total. The van der Waals surface area contributed by atoms with Gasteiger partial charge in [-0.05, 0) is 36.4 Å². The van der Waals surface area contributed by atoms with Crippen LogP contribution in [-0.4, -0.2) is 66.9 Å². The highest BCUT2D eigenvalue weighted by atomic mass is 32.1. The zero-order valence-electron chi connectivity index (χ0n) is 17.3. The van der Waals surface area contributed by atoms with Gasteiger partial charge in [-0.2, -0.15) is 0 Å². The minimum absolute atomic E-state index is 0.0999. The van der Waals surface area contributed by atoms with Crippen LogP contribution in [0.3, 0.4) is 0 Å². The maximum absolute atomic E-state index is 13.3. The molecule has 1 unspecified atom stereocenters. The number of ether oxygens (including phenoxy) is 1. The van der Waals surface area contributed by atoms with Gasteiger partial charge in [0.2, 0.25) is 5.91 Å². The molecule has 2 aromatic rings. The predicted molar refractivity (Wildman–Crippen MR) is 117 cm³/mol. The fourth-order valence-corrected chi connectivity index (χ4v) is 5.41. The third-order valence-electron chi connectivity index (χ3n) is 6.31. The van der Waals surface area contributed by atoms with Crippen molar-refractivity contribution in [2.24, 2.45) is 5.92 Å². The lowest BCUT2D eigenvalue weighted by Gasteiger charge is -2.37. The zero-order chi connectivity index (χ0) is 21.4. The highest BCUT2D eigenvalue weighted by Gasteiger charge is 2.40. The van der Waals surface area contributed by atoms with Gasteiger partial charge in [0.15, 0.2) is 0 Å². The Bertz CT molecular complexity index is 1000. The van der Waals surface area contributed by atoms with Gasteiger partial charge in [-0.3, -0.25) is 19.3 Å². The monoisotopic (exact) mass is 439 g/mol. The molecular formula is C23H25N3O4S. The summed E-state index contributed by atoms with van der Waals surface area (Å²) >= 11 is 1.53. The number of hydrogen-bond donors (Lipinski definition) is 0. The number of piperidine rings is 1. The van der Waals surface area contributed by atoms with Crippen molar-refractivity contribution in [3.05, 3.63) is 51.7 Å². The number of carbonyl (C=O) groups is 3. The van der Waals surface area contributed by atoms with Gasteiger partial charge in [0.05, 0.1) is 42.5 Å². The van der Waals surface area contributed by atoms with Crippen molar-refractivity contribution in [2.45, 2.75) is 19.4 Å². The zero-order valence-corrected chi connectivity index (χ0v) is 18.1. The van der Waals surface area contributed by atoms with E-state index in [1.807, 2.05) is 34.5 Å². The molecule has 0 N–H and O–H groups in total. The Morgan fingerprint density at radius 1 is 1.06 bits per heavy atom. The Labute approximate surface area is 185 Å². The lowest BCUT2D eigenvalue weighted by molar-refractivity contribution is -0.139. The fraction of sp³-hybridized carbons (Fsp3) is 0.435. The van der Waals surface area contributed by atoms with Gasteiger partial charge in [0.1, 0.15) is 0 Å². The Morgan fingerprint density at radius 3 is 2.68 bits per heavy atom. The molecule has 0 bridgehead atoms. The molecule has 0 spiro atoms. The maximum atomic E-state index is 13.3. The highest BCUT2D eigenvalue weighted by molar-refractivity contribution is 7.09. The number of nitrogens with zero attached hydrogens (tertiary/aromatic N) is 3. The first-order chi connectivity index (χ1) is 15.1. The molecule has 3 aliphatic heterocycles. The smallest absolute Gasteiger partial charge is 0.264 e. The highest BCUT2D eigenvalue weighted by Crippen LogP contribution is 2.35. The van der Waals surface area contributed by atoms with Crippen molar-refractivity contribution >= 4 is 34.7 Å². The maximum Gasteiger partial charge on any atom is 0.264 e. The van der Waals surface area contributed by atoms with Crippen molar-refractivity contribution < 1.29 is 19.1 Å². The molecule has 162 valence electrons. The molecule has 3 aliphatic rings. The Kier molecular flexibility index (Phi) is 5.50. The van der Waals surface area contributed by atoms with Crippen LogP contribution in [0, 0.1) is 5.92 Å². The standard InChI is InChI=1S/C23H25N3O4S/c27-21(24-9-11-30-12-10-24)16-4-2-8-25(14-16)19-7-1-6-18-20(19)23(29)26(22(18)28)15-17-5-3-13-31-17/h1,3,5-7,13,16H,2,4,8-12,14-15H2. The lowest BCUT2D eigenvalue weighted by atomic mass is 9.94. The van der Waals surface area contributed by atoms with Crippen LogP contribution in [0.4, 0.5) is 5.69 Å². The van der Waals surface area contributed by atoms with Crippen molar-refractivity contribution in [1.29, 1.82) is 0 Å². The number of imide groups is 1. The second-order valence-electron chi connectivity index (χ2n) is 8.20. The molecule has 1 aromatic heterocycles. The van der Waals surface area contributed by atoms with E-state index in [2.05, 4.69) is 4.90 Å². The number of thiophene rings is 1. The first-order valence-corrected chi connectivity index (χ1v) is 11.6. The van der Waals surface area contributed by atoms with Crippen molar-refractivity contribution in [2.75, 3.05) is 44.3 Å². The summed E-state index contributed by atoms with van der Waals surface area (Å²) in [5.41, 5.74) is 1.70. The average molecular weight is 440 g/mol. The van der Waals surface area contributed by atoms with Crippen LogP contribution in [0.25, 0.3) is 0 Å². The Morgan fingerprint density at radius 2 is 1.90 bits per heavy atom. The number of morpholine rings is 1. The van der Waals surface area contributed by atoms with E-state index >= 15 is 0 Å². The quantitative estimate of drug-likeness (QED) is 0.685. The van der Waals surface area contributed by atoms with E-state index in [4.69, 9.17) is 4.74 Å². The van der Waals surface area contributed by atoms with Gasteiger partial charge in [-0.1, -0.05) is 12.1 Å². The van der Waals surface area contributed by atoms with E-state index in [1.54, 1.807) is 6.07 Å². The van der Waals surface area contributed by atoms with Gasteiger partial charge in [-0.15, -0.1) is 11.3 Å². The summed E-state index contributed by atoms with van der Waals surface area (Å²) < 4.78 is 5.37. The van der Waals surface area contributed by atoms with Crippen LogP contribution in [0.1, 0.15) is 38.4 Å². The van der Waals surface area contributed by atoms with E-state index < -0.39 is 0 Å². The molecule has 5 rings (SSSR count). The fourth-order valence-electron chi connectivity index (χ4n) is 4.72. The summed E-state index contributed by atoms with van der Waals surface area (Å²) in [4.78, 5) is 45.6. The van der Waals surface area contributed by atoms with Crippen molar-refractivity contribution in [3.8, 4) is 0 Å². The molecule has 0 aliphatic carbocycles. The topological polar surface area (TPSA) is 70.2 Å². The Balaban J connectivity index is 1.38. The molecule has 0 radical (unpaired) electrons. The van der Waals surface area contributed by atoms with Gasteiger partial charge in [-0.25, -0.2) is 0 Å². The van der Waals surface area contributed by atoms with Crippen LogP contribution in [0.15, 0.2) is 35.7 Å². The summed E-state index contributed by atoms with van der Waals surface area (Å²) in [7, 11) is 0. The van der Waals surface area contributed by atoms with Crippen LogP contribution < -0.4 is 4.90 Å². The molecule has 31 heavy (non-hydrogen) atoms. The van der Waals surface area contributed by atoms with Gasteiger partial charge in [0.25, 0.3) is 11.8 Å². The first kappa shape index (κ1) is 20.2. The molecular weight excluding hydrogens is 414 g/mol.